The number of hydrogen-bond donors (Lipinski definition) is 1. The van der Waals surface area contributed by atoms with Gasteiger partial charge in [0.1, 0.15) is 0 Å². The molecule has 0 radical (unpaired) electrons. The molecule has 1 fully saturated rings. The van der Waals surface area contributed by atoms with E-state index in [1.54, 1.807) is 11.2 Å². The summed E-state index contributed by atoms with van der Waals surface area (Å²) >= 11 is 0. The van der Waals surface area contributed by atoms with E-state index >= 15 is 0 Å². The van der Waals surface area contributed by atoms with Crippen molar-refractivity contribution in [1.82, 2.24) is 4.31 Å². The van der Waals surface area contributed by atoms with Crippen LogP contribution in [-0.4, -0.2) is 25.8 Å². The Balaban J connectivity index is 2.53. The quantitative estimate of drug-likeness (QED) is 0.854. The summed E-state index contributed by atoms with van der Waals surface area (Å²) in [5.41, 5.74) is 9.05. The van der Waals surface area contributed by atoms with Gasteiger partial charge in [0.2, 0.25) is 10.0 Å². The standard InChI is InChI=1S/C16H26N2O2S/c1-11-9-12(2)15(13(3)14(11)17)21(19,20)18-8-6-7-16(4,5)10-18/h9H,6-8,10,17H2,1-5H3. The minimum atomic E-state index is -3.48. The molecule has 5 heteroatoms. The number of nitrogen functional groups attached to an aromatic ring is 1. The first kappa shape index (κ1) is 16.3. The van der Waals surface area contributed by atoms with E-state index in [1.807, 2.05) is 19.9 Å². The number of benzene rings is 1. The van der Waals surface area contributed by atoms with E-state index in [2.05, 4.69) is 13.8 Å². The predicted molar refractivity (Wildman–Crippen MR) is 86.8 cm³/mol. The summed E-state index contributed by atoms with van der Waals surface area (Å²) in [5, 5.41) is 0. The van der Waals surface area contributed by atoms with Gasteiger partial charge in [-0.25, -0.2) is 8.42 Å². The molecule has 1 aliphatic rings. The Morgan fingerprint density at radius 2 is 1.81 bits per heavy atom. The van der Waals surface area contributed by atoms with Gasteiger partial charge in [-0.3, -0.25) is 0 Å². The molecule has 2 rings (SSSR count). The Labute approximate surface area is 128 Å². The SMILES string of the molecule is Cc1cc(C)c(S(=O)(=O)N2CCCC(C)(C)C2)c(C)c1N. The minimum absolute atomic E-state index is 0.0311. The van der Waals surface area contributed by atoms with Crippen LogP contribution in [0.2, 0.25) is 0 Å². The molecular weight excluding hydrogens is 284 g/mol. The van der Waals surface area contributed by atoms with Crippen molar-refractivity contribution < 1.29 is 8.42 Å². The first-order valence-corrected chi connectivity index (χ1v) is 8.87. The first-order chi connectivity index (χ1) is 9.56. The summed E-state index contributed by atoms with van der Waals surface area (Å²) in [7, 11) is -3.48. The van der Waals surface area contributed by atoms with Crippen molar-refractivity contribution in [2.75, 3.05) is 18.8 Å². The van der Waals surface area contributed by atoms with E-state index in [9.17, 15) is 8.42 Å². The number of aryl methyl sites for hydroxylation is 2. The molecule has 1 heterocycles. The molecular formula is C16H26N2O2S. The van der Waals surface area contributed by atoms with Gasteiger partial charge in [0, 0.05) is 18.8 Å². The zero-order valence-electron chi connectivity index (χ0n) is 13.7. The molecule has 4 nitrogen and oxygen atoms in total. The maximum Gasteiger partial charge on any atom is 0.243 e. The van der Waals surface area contributed by atoms with Crippen LogP contribution in [0.3, 0.4) is 0 Å². The topological polar surface area (TPSA) is 63.4 Å². The molecule has 0 saturated carbocycles. The number of nitrogens with zero attached hydrogens (tertiary/aromatic N) is 1. The molecule has 1 aromatic carbocycles. The summed E-state index contributed by atoms with van der Waals surface area (Å²) in [6.07, 6.45) is 1.97. The van der Waals surface area contributed by atoms with Gasteiger partial charge in [0.05, 0.1) is 4.90 Å². The Hall–Kier alpha value is -1.07. The lowest BCUT2D eigenvalue weighted by molar-refractivity contribution is 0.187. The molecule has 0 amide bonds. The number of anilines is 1. The largest absolute Gasteiger partial charge is 0.398 e. The highest BCUT2D eigenvalue weighted by molar-refractivity contribution is 7.89. The van der Waals surface area contributed by atoms with E-state index in [0.29, 0.717) is 29.2 Å². The van der Waals surface area contributed by atoms with Crippen LogP contribution in [-0.2, 0) is 10.0 Å². The molecule has 2 N–H and O–H groups in total. The van der Waals surface area contributed by atoms with Crippen molar-refractivity contribution >= 4 is 15.7 Å². The molecule has 1 aromatic rings. The van der Waals surface area contributed by atoms with E-state index in [0.717, 1.165) is 24.0 Å². The average Bonchev–Trinajstić information content (AvgIpc) is 2.34. The molecule has 0 atom stereocenters. The second-order valence-electron chi connectivity index (χ2n) is 6.98. The molecule has 0 spiro atoms. The summed E-state index contributed by atoms with van der Waals surface area (Å²) in [6.45, 7) is 11.0. The van der Waals surface area contributed by atoms with Gasteiger partial charge in [-0.15, -0.1) is 0 Å². The maximum absolute atomic E-state index is 13.1. The smallest absolute Gasteiger partial charge is 0.243 e. The number of piperidine rings is 1. The van der Waals surface area contributed by atoms with Crippen molar-refractivity contribution in [3.05, 3.63) is 22.8 Å². The third-order valence-corrected chi connectivity index (χ3v) is 6.56. The van der Waals surface area contributed by atoms with E-state index in [-0.39, 0.29) is 5.41 Å². The highest BCUT2D eigenvalue weighted by Gasteiger charge is 2.35. The summed E-state index contributed by atoms with van der Waals surface area (Å²) < 4.78 is 27.7. The zero-order chi connectivity index (χ0) is 16.0. The average molecular weight is 310 g/mol. The normalized spacial score (nSPS) is 19.7. The van der Waals surface area contributed by atoms with Crippen molar-refractivity contribution in [3.8, 4) is 0 Å². The maximum atomic E-state index is 13.1. The van der Waals surface area contributed by atoms with Gasteiger partial charge in [-0.05, 0) is 55.7 Å². The minimum Gasteiger partial charge on any atom is -0.398 e. The molecule has 0 unspecified atom stereocenters. The summed E-state index contributed by atoms with van der Waals surface area (Å²) in [6, 6.07) is 1.87. The highest BCUT2D eigenvalue weighted by Crippen LogP contribution is 2.35. The first-order valence-electron chi connectivity index (χ1n) is 7.43. The van der Waals surface area contributed by atoms with E-state index in [4.69, 9.17) is 5.73 Å². The monoisotopic (exact) mass is 310 g/mol. The van der Waals surface area contributed by atoms with Crippen LogP contribution < -0.4 is 5.73 Å². The van der Waals surface area contributed by atoms with Gasteiger partial charge in [-0.2, -0.15) is 4.31 Å². The van der Waals surface area contributed by atoms with Gasteiger partial charge in [0.15, 0.2) is 0 Å². The third-order valence-electron chi connectivity index (χ3n) is 4.42. The van der Waals surface area contributed by atoms with Crippen molar-refractivity contribution in [1.29, 1.82) is 0 Å². The fourth-order valence-electron chi connectivity index (χ4n) is 3.28. The molecule has 0 aliphatic carbocycles. The molecule has 21 heavy (non-hydrogen) atoms. The lowest BCUT2D eigenvalue weighted by atomic mass is 9.85. The fraction of sp³-hybridized carbons (Fsp3) is 0.625. The fourth-order valence-corrected chi connectivity index (χ4v) is 5.39. The summed E-state index contributed by atoms with van der Waals surface area (Å²) in [4.78, 5) is 0.392. The molecule has 0 bridgehead atoms. The number of rotatable bonds is 2. The second kappa shape index (κ2) is 5.29. The van der Waals surface area contributed by atoms with Crippen LogP contribution in [0.25, 0.3) is 0 Å². The molecule has 1 aliphatic heterocycles. The Morgan fingerprint density at radius 3 is 2.38 bits per heavy atom. The van der Waals surface area contributed by atoms with E-state index < -0.39 is 10.0 Å². The van der Waals surface area contributed by atoms with Crippen LogP contribution in [0.1, 0.15) is 43.4 Å². The number of hydrogen-bond acceptors (Lipinski definition) is 3. The van der Waals surface area contributed by atoms with Gasteiger partial charge in [-0.1, -0.05) is 19.9 Å². The Bertz CT molecular complexity index is 663. The van der Waals surface area contributed by atoms with Crippen LogP contribution in [0.5, 0.6) is 0 Å². The number of nitrogens with two attached hydrogens (primary N) is 1. The van der Waals surface area contributed by atoms with Crippen LogP contribution in [0, 0.1) is 26.2 Å². The van der Waals surface area contributed by atoms with Gasteiger partial charge < -0.3 is 5.73 Å². The molecule has 118 valence electrons. The van der Waals surface area contributed by atoms with Gasteiger partial charge in [0.25, 0.3) is 0 Å². The molecule has 0 aromatic heterocycles. The second-order valence-corrected chi connectivity index (χ2v) is 8.86. The van der Waals surface area contributed by atoms with Crippen molar-refractivity contribution in [2.45, 2.75) is 52.4 Å². The third kappa shape index (κ3) is 2.94. The van der Waals surface area contributed by atoms with Crippen LogP contribution in [0.4, 0.5) is 5.69 Å². The highest BCUT2D eigenvalue weighted by atomic mass is 32.2. The van der Waals surface area contributed by atoms with Crippen molar-refractivity contribution in [3.63, 3.8) is 0 Å². The summed E-state index contributed by atoms with van der Waals surface area (Å²) in [5.74, 6) is 0. The molecule has 1 saturated heterocycles. The van der Waals surface area contributed by atoms with Gasteiger partial charge >= 0.3 is 0 Å². The van der Waals surface area contributed by atoms with Crippen LogP contribution >= 0.6 is 0 Å². The van der Waals surface area contributed by atoms with E-state index in [1.165, 1.54) is 0 Å². The Morgan fingerprint density at radius 1 is 1.19 bits per heavy atom. The number of sulfonamides is 1. The Kier molecular flexibility index (Phi) is 4.10. The predicted octanol–water partition coefficient (Wildman–Crippen LogP) is 3.00. The van der Waals surface area contributed by atoms with Crippen molar-refractivity contribution in [2.24, 2.45) is 5.41 Å². The van der Waals surface area contributed by atoms with Crippen LogP contribution in [0.15, 0.2) is 11.0 Å². The lowest BCUT2D eigenvalue weighted by Crippen LogP contribution is -2.43. The lowest BCUT2D eigenvalue weighted by Gasteiger charge is -2.37. The zero-order valence-corrected chi connectivity index (χ0v) is 14.5.